The van der Waals surface area contributed by atoms with Crippen LogP contribution in [0.1, 0.15) is 44.8 Å². The number of aryl methyl sites for hydroxylation is 1. The van der Waals surface area contributed by atoms with Crippen molar-refractivity contribution >= 4 is 17.6 Å². The maximum Gasteiger partial charge on any atom is 0.338 e. The second kappa shape index (κ2) is 7.77. The zero-order valence-electron chi connectivity index (χ0n) is 15.1. The van der Waals surface area contributed by atoms with E-state index in [-0.39, 0.29) is 22.9 Å². The third kappa shape index (κ3) is 4.05. The molecule has 0 N–H and O–H groups in total. The predicted molar refractivity (Wildman–Crippen MR) is 96.1 cm³/mol. The average Bonchev–Trinajstić information content (AvgIpc) is 2.65. The maximum absolute atomic E-state index is 12.8. The molecule has 1 amide bonds. The van der Waals surface area contributed by atoms with Crippen LogP contribution in [0.3, 0.4) is 0 Å². The first-order valence-corrected chi connectivity index (χ1v) is 7.96. The molecular formula is C19H20N2O5. The first-order chi connectivity index (χ1) is 12.2. The van der Waals surface area contributed by atoms with Gasteiger partial charge < -0.3 is 9.64 Å². The molecule has 1 atom stereocenters. The first kappa shape index (κ1) is 19.1. The zero-order chi connectivity index (χ0) is 19.4. The van der Waals surface area contributed by atoms with Crippen molar-refractivity contribution in [3.63, 3.8) is 0 Å². The monoisotopic (exact) mass is 356 g/mol. The summed E-state index contributed by atoms with van der Waals surface area (Å²) in [4.78, 5) is 36.5. The normalized spacial score (nSPS) is 11.5. The second-order valence-electron chi connectivity index (χ2n) is 6.02. The highest BCUT2D eigenvalue weighted by molar-refractivity contribution is 5.99. The maximum atomic E-state index is 12.8. The van der Waals surface area contributed by atoms with E-state index in [9.17, 15) is 19.7 Å². The van der Waals surface area contributed by atoms with Gasteiger partial charge in [0.05, 0.1) is 23.6 Å². The number of esters is 1. The summed E-state index contributed by atoms with van der Waals surface area (Å²) >= 11 is 0. The zero-order valence-corrected chi connectivity index (χ0v) is 15.1. The minimum atomic E-state index is -0.739. The van der Waals surface area contributed by atoms with E-state index in [1.54, 1.807) is 7.05 Å². The summed E-state index contributed by atoms with van der Waals surface area (Å²) in [7, 11) is 2.79. The van der Waals surface area contributed by atoms with E-state index in [1.165, 1.54) is 18.1 Å². The molecule has 1 unspecified atom stereocenters. The van der Waals surface area contributed by atoms with Crippen LogP contribution in [0, 0.1) is 17.0 Å². The number of nitro groups is 1. The Hall–Kier alpha value is -3.22. The molecule has 2 aromatic carbocycles. The quantitative estimate of drug-likeness (QED) is 0.464. The lowest BCUT2D eigenvalue weighted by atomic mass is 10.0. The number of benzene rings is 2. The molecule has 0 heterocycles. The fourth-order valence-corrected chi connectivity index (χ4v) is 2.52. The van der Waals surface area contributed by atoms with Gasteiger partial charge in [0.1, 0.15) is 0 Å². The molecule has 7 heteroatoms. The van der Waals surface area contributed by atoms with Crippen LogP contribution < -0.4 is 0 Å². The summed E-state index contributed by atoms with van der Waals surface area (Å²) in [5, 5.41) is 11.1. The molecule has 0 saturated carbocycles. The van der Waals surface area contributed by atoms with Crippen LogP contribution in [0.5, 0.6) is 0 Å². The highest BCUT2D eigenvalue weighted by atomic mass is 16.6. The largest absolute Gasteiger partial charge is 0.465 e. The third-order valence-corrected chi connectivity index (χ3v) is 4.26. The number of carbonyl (C=O) groups excluding carboxylic acids is 2. The molecule has 26 heavy (non-hydrogen) atoms. The Balaban J connectivity index is 2.37. The third-order valence-electron chi connectivity index (χ3n) is 4.26. The topological polar surface area (TPSA) is 89.8 Å². The van der Waals surface area contributed by atoms with Crippen LogP contribution in [0.15, 0.2) is 42.5 Å². The Morgan fingerprint density at radius 1 is 1.12 bits per heavy atom. The molecule has 136 valence electrons. The van der Waals surface area contributed by atoms with Crippen molar-refractivity contribution in [3.8, 4) is 0 Å². The van der Waals surface area contributed by atoms with Gasteiger partial charge in [-0.25, -0.2) is 4.79 Å². The van der Waals surface area contributed by atoms with Gasteiger partial charge in [0.25, 0.3) is 11.6 Å². The predicted octanol–water partition coefficient (Wildman–Crippen LogP) is 3.52. The van der Waals surface area contributed by atoms with Crippen molar-refractivity contribution in [2.24, 2.45) is 0 Å². The van der Waals surface area contributed by atoms with Gasteiger partial charge in [0.2, 0.25) is 0 Å². The van der Waals surface area contributed by atoms with E-state index >= 15 is 0 Å². The summed E-state index contributed by atoms with van der Waals surface area (Å²) in [5.41, 5.74) is 1.72. The van der Waals surface area contributed by atoms with E-state index in [0.717, 1.165) is 23.3 Å². The summed E-state index contributed by atoms with van der Waals surface area (Å²) < 4.78 is 4.61. The Bertz CT molecular complexity index is 846. The van der Waals surface area contributed by atoms with Gasteiger partial charge in [-0.1, -0.05) is 29.8 Å². The number of amides is 1. The van der Waals surface area contributed by atoms with E-state index in [0.29, 0.717) is 0 Å². The Labute approximate surface area is 151 Å². The lowest BCUT2D eigenvalue weighted by Crippen LogP contribution is -2.30. The lowest BCUT2D eigenvalue weighted by molar-refractivity contribution is -0.384. The minimum Gasteiger partial charge on any atom is -0.465 e. The highest BCUT2D eigenvalue weighted by Crippen LogP contribution is 2.24. The van der Waals surface area contributed by atoms with Crippen molar-refractivity contribution in [2.75, 3.05) is 14.2 Å². The molecule has 7 nitrogen and oxygen atoms in total. The van der Waals surface area contributed by atoms with Gasteiger partial charge in [0, 0.05) is 24.7 Å². The molecule has 0 fully saturated rings. The Kier molecular flexibility index (Phi) is 5.71. The molecule has 0 saturated heterocycles. The van der Waals surface area contributed by atoms with Crippen molar-refractivity contribution in [1.82, 2.24) is 4.90 Å². The standard InChI is InChI=1S/C19H20N2O5/c1-12-5-7-14(8-6-12)13(2)20(3)18(22)15-9-16(19(23)26-4)11-17(10-15)21(24)25/h5-11,13H,1-4H3. The van der Waals surface area contributed by atoms with Crippen LogP contribution in [0.4, 0.5) is 5.69 Å². The van der Waals surface area contributed by atoms with Crippen molar-refractivity contribution in [1.29, 1.82) is 0 Å². The van der Waals surface area contributed by atoms with Crippen molar-refractivity contribution < 1.29 is 19.2 Å². The molecule has 0 aliphatic carbocycles. The molecule has 2 aromatic rings. The molecule has 0 bridgehead atoms. The van der Waals surface area contributed by atoms with Crippen LogP contribution in [0.2, 0.25) is 0 Å². The minimum absolute atomic E-state index is 0.0403. The van der Waals surface area contributed by atoms with Gasteiger partial charge >= 0.3 is 5.97 Å². The fraction of sp³-hybridized carbons (Fsp3) is 0.263. The van der Waals surface area contributed by atoms with Crippen LogP contribution in [-0.4, -0.2) is 35.9 Å². The summed E-state index contributed by atoms with van der Waals surface area (Å²) in [6.07, 6.45) is 0. The first-order valence-electron chi connectivity index (χ1n) is 7.96. The molecule has 0 aliphatic heterocycles. The van der Waals surface area contributed by atoms with Crippen LogP contribution in [0.25, 0.3) is 0 Å². The van der Waals surface area contributed by atoms with E-state index in [1.807, 2.05) is 38.1 Å². The number of carbonyl (C=O) groups is 2. The number of nitrogens with zero attached hydrogens (tertiary/aromatic N) is 2. The summed E-state index contributed by atoms with van der Waals surface area (Å²) in [5.74, 6) is -1.16. The molecule has 0 radical (unpaired) electrons. The Morgan fingerprint density at radius 2 is 1.69 bits per heavy atom. The smallest absolute Gasteiger partial charge is 0.338 e. The van der Waals surface area contributed by atoms with Crippen molar-refractivity contribution in [2.45, 2.75) is 19.9 Å². The number of ether oxygens (including phenoxy) is 1. The van der Waals surface area contributed by atoms with E-state index in [2.05, 4.69) is 4.74 Å². The van der Waals surface area contributed by atoms with E-state index < -0.39 is 16.8 Å². The second-order valence-corrected chi connectivity index (χ2v) is 6.02. The van der Waals surface area contributed by atoms with Gasteiger partial charge in [-0.2, -0.15) is 0 Å². The van der Waals surface area contributed by atoms with Crippen LogP contribution >= 0.6 is 0 Å². The highest BCUT2D eigenvalue weighted by Gasteiger charge is 2.23. The van der Waals surface area contributed by atoms with E-state index in [4.69, 9.17) is 0 Å². The molecule has 0 aliphatic rings. The average molecular weight is 356 g/mol. The van der Waals surface area contributed by atoms with Crippen molar-refractivity contribution in [3.05, 3.63) is 74.8 Å². The molecular weight excluding hydrogens is 336 g/mol. The fourth-order valence-electron chi connectivity index (χ4n) is 2.52. The molecule has 0 spiro atoms. The van der Waals surface area contributed by atoms with Gasteiger partial charge in [0.15, 0.2) is 0 Å². The lowest BCUT2D eigenvalue weighted by Gasteiger charge is -2.25. The van der Waals surface area contributed by atoms with Gasteiger partial charge in [-0.05, 0) is 25.5 Å². The number of non-ortho nitro benzene ring substituents is 1. The van der Waals surface area contributed by atoms with Crippen LogP contribution in [-0.2, 0) is 4.74 Å². The number of nitro benzene ring substituents is 1. The molecule has 0 aromatic heterocycles. The van der Waals surface area contributed by atoms with Gasteiger partial charge in [-0.3, -0.25) is 14.9 Å². The number of rotatable bonds is 5. The number of hydrogen-bond donors (Lipinski definition) is 0. The molecule has 2 rings (SSSR count). The number of hydrogen-bond acceptors (Lipinski definition) is 5. The Morgan fingerprint density at radius 3 is 2.23 bits per heavy atom. The summed E-state index contributed by atoms with van der Waals surface area (Å²) in [6, 6.07) is 11.1. The van der Waals surface area contributed by atoms with Gasteiger partial charge in [-0.15, -0.1) is 0 Å². The summed E-state index contributed by atoms with van der Waals surface area (Å²) in [6.45, 7) is 3.84. The number of methoxy groups -OCH3 is 1. The SMILES string of the molecule is COC(=O)c1cc(C(=O)N(C)C(C)c2ccc(C)cc2)cc([N+](=O)[O-])c1.